The molecule has 3 aromatic carbocycles. The molecule has 1 N–H and O–H groups in total. The summed E-state index contributed by atoms with van der Waals surface area (Å²) in [6.07, 6.45) is 0.995. The minimum absolute atomic E-state index is 0.0878. The lowest BCUT2D eigenvalue weighted by atomic mass is 9.98. The van der Waals surface area contributed by atoms with Crippen LogP contribution in [0.5, 0.6) is 0 Å². The lowest BCUT2D eigenvalue weighted by Crippen LogP contribution is -2.73. The lowest BCUT2D eigenvalue weighted by molar-refractivity contribution is -0.385. The summed E-state index contributed by atoms with van der Waals surface area (Å²) in [5, 5.41) is 25.2. The number of aryl methyl sites for hydroxylation is 1. The third-order valence-corrected chi connectivity index (χ3v) is 8.59. The highest BCUT2D eigenvalue weighted by atomic mass is 35.5. The molecular weight excluding hydrogens is 697 g/mol. The number of carbonyl (C=O) groups excluding carboxylic acids is 4. The molecule has 50 heavy (non-hydrogen) atoms. The van der Waals surface area contributed by atoms with Crippen LogP contribution in [-0.2, 0) is 48.4 Å². The van der Waals surface area contributed by atoms with Crippen LogP contribution in [0.15, 0.2) is 84.9 Å². The van der Waals surface area contributed by atoms with Crippen LogP contribution in [0.4, 0.5) is 11.4 Å². The Labute approximate surface area is 295 Å². The largest absolute Gasteiger partial charge is 0.459 e. The fourth-order valence-corrected chi connectivity index (χ4v) is 5.51. The summed E-state index contributed by atoms with van der Waals surface area (Å²) in [4.78, 5) is 80.1. The first-order chi connectivity index (χ1) is 23.9. The van der Waals surface area contributed by atoms with Crippen LogP contribution in [0.2, 0.25) is 0 Å². The second kappa shape index (κ2) is 16.8. The van der Waals surface area contributed by atoms with Crippen molar-refractivity contribution in [1.29, 1.82) is 0 Å². The van der Waals surface area contributed by atoms with Crippen molar-refractivity contribution in [2.24, 2.45) is 0 Å². The van der Waals surface area contributed by atoms with Crippen LogP contribution in [0, 0.1) is 20.2 Å². The number of nitro groups is 2. The molecule has 0 radical (unpaired) electrons. The summed E-state index contributed by atoms with van der Waals surface area (Å²) in [6, 6.07) is 13.4. The van der Waals surface area contributed by atoms with E-state index < -0.39 is 51.3 Å². The Kier molecular flexibility index (Phi) is 12.6. The topological polar surface area (TPSA) is 192 Å². The van der Waals surface area contributed by atoms with Crippen molar-refractivity contribution in [3.8, 4) is 0 Å². The standard InChI is InChI=1S/C33H31Cl2N5O10/c1-3-21-4-10-24(11-5-21)29(37(19-41)50-18-23-8-14-26(15-9-23)40(47)48)31(42)36-27-30(35)38(32(27)43)28(20(2)16-34)33(44)49-17-22-6-12-25(13-7-22)39(45)46/h4-15,19,27-30H,2-3,16-18H2,1H3,(H,36,42). The molecule has 17 heteroatoms. The summed E-state index contributed by atoms with van der Waals surface area (Å²) in [5.41, 5.74) is 0.739. The summed E-state index contributed by atoms with van der Waals surface area (Å²) < 4.78 is 5.36. The number of amides is 3. The highest BCUT2D eigenvalue weighted by Gasteiger charge is 2.53. The summed E-state index contributed by atoms with van der Waals surface area (Å²) >= 11 is 12.5. The molecule has 0 aliphatic carbocycles. The van der Waals surface area contributed by atoms with Gasteiger partial charge < -0.3 is 15.0 Å². The van der Waals surface area contributed by atoms with Crippen LogP contribution < -0.4 is 5.32 Å². The zero-order valence-corrected chi connectivity index (χ0v) is 28.0. The lowest BCUT2D eigenvalue weighted by Gasteiger charge is -2.47. The van der Waals surface area contributed by atoms with E-state index >= 15 is 0 Å². The number of carbonyl (C=O) groups is 4. The monoisotopic (exact) mass is 727 g/mol. The average Bonchev–Trinajstić information content (AvgIpc) is 3.13. The third kappa shape index (κ3) is 8.61. The molecule has 4 unspecified atom stereocenters. The van der Waals surface area contributed by atoms with E-state index in [-0.39, 0.29) is 42.5 Å². The van der Waals surface area contributed by atoms with Gasteiger partial charge in [0.2, 0.25) is 6.41 Å². The number of ether oxygens (including phenoxy) is 1. The van der Waals surface area contributed by atoms with Gasteiger partial charge in [0, 0.05) is 30.1 Å². The summed E-state index contributed by atoms with van der Waals surface area (Å²) in [7, 11) is 0. The van der Waals surface area contributed by atoms with Gasteiger partial charge in [-0.3, -0.25) is 39.4 Å². The molecule has 1 saturated heterocycles. The van der Waals surface area contributed by atoms with Crippen LogP contribution in [0.1, 0.15) is 35.2 Å². The number of hydroxylamine groups is 2. The maximum Gasteiger partial charge on any atom is 0.333 e. The predicted molar refractivity (Wildman–Crippen MR) is 179 cm³/mol. The van der Waals surface area contributed by atoms with Gasteiger partial charge in [0.05, 0.1) is 9.85 Å². The number of halogens is 2. The highest BCUT2D eigenvalue weighted by molar-refractivity contribution is 6.27. The molecule has 1 heterocycles. The number of hydrogen-bond acceptors (Lipinski definition) is 10. The Hall–Kier alpha value is -5.38. The molecule has 4 atom stereocenters. The Balaban J connectivity index is 1.49. The fraction of sp³-hybridized carbons (Fsp3) is 0.273. The van der Waals surface area contributed by atoms with Crippen molar-refractivity contribution in [2.45, 2.75) is 50.2 Å². The maximum atomic E-state index is 13.8. The Morgan fingerprint density at radius 1 is 0.960 bits per heavy atom. The fourth-order valence-electron chi connectivity index (χ4n) is 4.99. The number of hydrogen-bond donors (Lipinski definition) is 1. The second-order valence-corrected chi connectivity index (χ2v) is 11.7. The van der Waals surface area contributed by atoms with Crippen LogP contribution in [0.25, 0.3) is 0 Å². The number of nitro benzene ring substituents is 2. The number of alkyl halides is 2. The number of esters is 1. The molecule has 0 saturated carbocycles. The molecule has 1 fully saturated rings. The molecule has 262 valence electrons. The molecule has 3 aromatic rings. The quantitative estimate of drug-likeness (QED) is 0.0303. The normalized spacial score (nSPS) is 16.4. The van der Waals surface area contributed by atoms with Gasteiger partial charge in [0.25, 0.3) is 23.2 Å². The number of rotatable bonds is 17. The van der Waals surface area contributed by atoms with E-state index in [0.29, 0.717) is 23.1 Å². The van der Waals surface area contributed by atoms with E-state index in [2.05, 4.69) is 11.9 Å². The summed E-state index contributed by atoms with van der Waals surface area (Å²) in [6.45, 7) is 5.20. The molecule has 3 amide bonds. The van der Waals surface area contributed by atoms with Crippen molar-refractivity contribution in [2.75, 3.05) is 5.88 Å². The molecule has 0 spiro atoms. The molecule has 1 aliphatic rings. The van der Waals surface area contributed by atoms with Crippen molar-refractivity contribution in [3.63, 3.8) is 0 Å². The maximum absolute atomic E-state index is 13.8. The number of nitrogens with one attached hydrogen (secondary N) is 1. The zero-order chi connectivity index (χ0) is 36.5. The molecule has 4 rings (SSSR count). The zero-order valence-electron chi connectivity index (χ0n) is 26.5. The van der Waals surface area contributed by atoms with Gasteiger partial charge in [-0.1, -0.05) is 49.4 Å². The smallest absolute Gasteiger partial charge is 0.333 e. The highest BCUT2D eigenvalue weighted by Crippen LogP contribution is 2.32. The number of β-lactam (4-membered cyclic amide) rings is 1. The van der Waals surface area contributed by atoms with E-state index in [4.69, 9.17) is 32.8 Å². The van der Waals surface area contributed by atoms with Crippen molar-refractivity contribution < 1.29 is 38.6 Å². The van der Waals surface area contributed by atoms with Crippen LogP contribution in [0.3, 0.4) is 0 Å². The van der Waals surface area contributed by atoms with E-state index in [0.717, 1.165) is 15.5 Å². The van der Waals surface area contributed by atoms with E-state index in [9.17, 15) is 39.4 Å². The number of likely N-dealkylation sites (tertiary alicyclic amines) is 1. The molecule has 15 nitrogen and oxygen atoms in total. The minimum atomic E-state index is -1.41. The minimum Gasteiger partial charge on any atom is -0.459 e. The van der Waals surface area contributed by atoms with Crippen molar-refractivity contribution in [1.82, 2.24) is 15.3 Å². The Morgan fingerprint density at radius 3 is 1.94 bits per heavy atom. The van der Waals surface area contributed by atoms with E-state index in [1.165, 1.54) is 48.5 Å². The Bertz CT molecular complexity index is 1760. The molecular formula is C33H31Cl2N5O10. The van der Waals surface area contributed by atoms with Gasteiger partial charge in [-0.05, 0) is 58.5 Å². The van der Waals surface area contributed by atoms with Crippen LogP contribution in [-0.4, -0.2) is 67.5 Å². The van der Waals surface area contributed by atoms with Gasteiger partial charge in [0.15, 0.2) is 12.1 Å². The van der Waals surface area contributed by atoms with Crippen molar-refractivity contribution in [3.05, 3.63) is 127 Å². The first-order valence-corrected chi connectivity index (χ1v) is 16.0. The van der Waals surface area contributed by atoms with Gasteiger partial charge >= 0.3 is 5.97 Å². The van der Waals surface area contributed by atoms with Crippen molar-refractivity contribution >= 4 is 58.8 Å². The average molecular weight is 729 g/mol. The summed E-state index contributed by atoms with van der Waals surface area (Å²) in [5.74, 6) is -2.75. The first kappa shape index (κ1) is 37.4. The van der Waals surface area contributed by atoms with Gasteiger partial charge in [-0.2, -0.15) is 0 Å². The van der Waals surface area contributed by atoms with E-state index in [1.54, 1.807) is 24.3 Å². The van der Waals surface area contributed by atoms with Crippen LogP contribution >= 0.6 is 23.2 Å². The second-order valence-electron chi connectivity index (χ2n) is 11.0. The number of non-ortho nitro benzene ring substituents is 2. The third-order valence-electron chi connectivity index (χ3n) is 7.78. The predicted octanol–water partition coefficient (Wildman–Crippen LogP) is 4.50. The SMILES string of the molecule is C=C(CCl)C(C(=O)OCc1ccc([N+](=O)[O-])cc1)N1C(=O)C(NC(=O)C(c2ccc(CC)cc2)N(C=O)OCc2ccc([N+](=O)[O-])cc2)C1Cl. The number of nitrogens with zero attached hydrogens (tertiary/aromatic N) is 4. The van der Waals surface area contributed by atoms with E-state index in [1.807, 2.05) is 6.92 Å². The molecule has 0 bridgehead atoms. The van der Waals surface area contributed by atoms with Gasteiger partial charge in [-0.15, -0.1) is 11.6 Å². The Morgan fingerprint density at radius 2 is 1.48 bits per heavy atom. The number of benzene rings is 3. The first-order valence-electron chi connectivity index (χ1n) is 15.0. The molecule has 0 aromatic heterocycles. The van der Waals surface area contributed by atoms with Gasteiger partial charge in [0.1, 0.15) is 24.8 Å². The molecule has 1 aliphatic heterocycles. The van der Waals surface area contributed by atoms with Gasteiger partial charge in [-0.25, -0.2) is 9.86 Å².